The Morgan fingerprint density at radius 2 is 2.04 bits per heavy atom. The molecular formula is C17H22FN5O. The first kappa shape index (κ1) is 15.5. The van der Waals surface area contributed by atoms with Gasteiger partial charge in [-0.2, -0.15) is 0 Å². The molecule has 1 saturated carbocycles. The van der Waals surface area contributed by atoms with Crippen molar-refractivity contribution in [1.29, 1.82) is 0 Å². The second-order valence-corrected chi connectivity index (χ2v) is 6.87. The Morgan fingerprint density at radius 1 is 1.29 bits per heavy atom. The molecule has 1 saturated heterocycles. The lowest BCUT2D eigenvalue weighted by Gasteiger charge is -2.27. The van der Waals surface area contributed by atoms with E-state index in [2.05, 4.69) is 14.9 Å². The van der Waals surface area contributed by atoms with Crippen molar-refractivity contribution in [2.24, 2.45) is 16.8 Å². The van der Waals surface area contributed by atoms with Crippen LogP contribution in [0.15, 0.2) is 17.4 Å². The van der Waals surface area contributed by atoms with Crippen LogP contribution in [0.25, 0.3) is 0 Å². The maximum Gasteiger partial charge on any atom is 0.256 e. The molecular weight excluding hydrogens is 309 g/mol. The molecule has 128 valence electrons. The van der Waals surface area contributed by atoms with E-state index >= 15 is 0 Å². The first-order valence-electron chi connectivity index (χ1n) is 8.72. The highest BCUT2D eigenvalue weighted by atomic mass is 19.1. The second-order valence-electron chi connectivity index (χ2n) is 6.87. The van der Waals surface area contributed by atoms with Gasteiger partial charge in [-0.15, -0.1) is 0 Å². The Morgan fingerprint density at radius 3 is 2.67 bits per heavy atom. The highest BCUT2D eigenvalue weighted by Crippen LogP contribution is 2.50. The lowest BCUT2D eigenvalue weighted by Crippen LogP contribution is -2.46. The highest BCUT2D eigenvalue weighted by molar-refractivity contribution is 6.08. The lowest BCUT2D eigenvalue weighted by molar-refractivity contribution is -0.132. The van der Waals surface area contributed by atoms with E-state index < -0.39 is 11.4 Å². The number of aliphatic imine (C=N–C) groups is 1. The van der Waals surface area contributed by atoms with Crippen LogP contribution in [0.1, 0.15) is 33.1 Å². The molecule has 2 fully saturated rings. The van der Waals surface area contributed by atoms with Gasteiger partial charge in [-0.25, -0.2) is 14.4 Å². The number of anilines is 1. The number of amides is 1. The first-order chi connectivity index (χ1) is 11.6. The zero-order valence-corrected chi connectivity index (χ0v) is 14.1. The minimum atomic E-state index is -0.596. The number of aromatic nitrogens is 2. The number of nitrogens with zero attached hydrogens (tertiary/aromatic N) is 5. The van der Waals surface area contributed by atoms with Gasteiger partial charge in [0.2, 0.25) is 5.95 Å². The van der Waals surface area contributed by atoms with Gasteiger partial charge in [-0.05, 0) is 25.7 Å². The predicted molar refractivity (Wildman–Crippen MR) is 88.3 cm³/mol. The third-order valence-corrected chi connectivity index (χ3v) is 5.73. The summed E-state index contributed by atoms with van der Waals surface area (Å²) in [5, 5.41) is 0. The summed E-state index contributed by atoms with van der Waals surface area (Å²) in [7, 11) is 0. The molecule has 1 amide bonds. The fraction of sp³-hybridized carbons (Fsp3) is 0.647. The summed E-state index contributed by atoms with van der Waals surface area (Å²) in [5.41, 5.74) is -0.596. The maximum absolute atomic E-state index is 13.1. The summed E-state index contributed by atoms with van der Waals surface area (Å²) in [6, 6.07) is 0. The van der Waals surface area contributed by atoms with Crippen LogP contribution in [0.2, 0.25) is 0 Å². The molecule has 7 heteroatoms. The van der Waals surface area contributed by atoms with Gasteiger partial charge in [-0.1, -0.05) is 6.92 Å². The van der Waals surface area contributed by atoms with Crippen LogP contribution >= 0.6 is 0 Å². The Balaban J connectivity index is 1.62. The van der Waals surface area contributed by atoms with Gasteiger partial charge in [0.1, 0.15) is 11.4 Å². The molecule has 0 aromatic carbocycles. The fourth-order valence-electron chi connectivity index (χ4n) is 4.62. The number of fused-ring (bicyclic) bond motifs is 2. The first-order valence-corrected chi connectivity index (χ1v) is 8.72. The molecule has 3 aliphatic rings. The van der Waals surface area contributed by atoms with Crippen LogP contribution in [0, 0.1) is 17.7 Å². The minimum absolute atomic E-state index is 0.163. The number of likely N-dealkylation sites (N-methyl/N-ethyl adjacent to an activating group) is 1. The normalized spacial score (nSPS) is 32.0. The quantitative estimate of drug-likeness (QED) is 0.848. The zero-order valence-electron chi connectivity index (χ0n) is 14.1. The molecule has 1 aliphatic carbocycles. The van der Waals surface area contributed by atoms with E-state index in [1.165, 1.54) is 12.4 Å². The summed E-state index contributed by atoms with van der Waals surface area (Å²) in [4.78, 5) is 30.1. The van der Waals surface area contributed by atoms with E-state index in [1.807, 2.05) is 18.7 Å². The molecule has 0 unspecified atom stereocenters. The van der Waals surface area contributed by atoms with E-state index in [4.69, 9.17) is 4.99 Å². The summed E-state index contributed by atoms with van der Waals surface area (Å²) < 4.78 is 13.0. The Hall–Kier alpha value is -2.05. The van der Waals surface area contributed by atoms with E-state index in [1.54, 1.807) is 0 Å². The maximum atomic E-state index is 13.1. The molecule has 1 aromatic heterocycles. The Labute approximate surface area is 140 Å². The highest BCUT2D eigenvalue weighted by Gasteiger charge is 2.60. The fourth-order valence-corrected chi connectivity index (χ4v) is 4.62. The van der Waals surface area contributed by atoms with Gasteiger partial charge in [-0.3, -0.25) is 14.7 Å². The Kier molecular flexibility index (Phi) is 3.54. The van der Waals surface area contributed by atoms with Crippen molar-refractivity contribution in [2.45, 2.75) is 38.6 Å². The molecule has 1 aromatic rings. The van der Waals surface area contributed by atoms with Crippen molar-refractivity contribution in [3.63, 3.8) is 0 Å². The summed E-state index contributed by atoms with van der Waals surface area (Å²) in [6.07, 6.45) is 4.99. The SMILES string of the molecule is CCC1=N[C@]2(CC[C@H]3CN(c4ncc(F)cn4)C[C@H]32)C(=O)N1CC. The molecule has 0 N–H and O–H groups in total. The third kappa shape index (κ3) is 2.06. The van der Waals surface area contributed by atoms with Gasteiger partial charge in [0, 0.05) is 32.0 Å². The van der Waals surface area contributed by atoms with Crippen molar-refractivity contribution < 1.29 is 9.18 Å². The molecule has 3 atom stereocenters. The van der Waals surface area contributed by atoms with Crippen molar-refractivity contribution in [3.05, 3.63) is 18.2 Å². The van der Waals surface area contributed by atoms with Gasteiger partial charge in [0.15, 0.2) is 5.82 Å². The minimum Gasteiger partial charge on any atom is -0.340 e. The number of amidine groups is 1. The predicted octanol–water partition coefficient (Wildman–Crippen LogP) is 1.87. The molecule has 0 radical (unpaired) electrons. The van der Waals surface area contributed by atoms with Crippen molar-refractivity contribution in [1.82, 2.24) is 14.9 Å². The van der Waals surface area contributed by atoms with Crippen LogP contribution in [0.5, 0.6) is 0 Å². The van der Waals surface area contributed by atoms with E-state index in [0.29, 0.717) is 25.0 Å². The summed E-state index contributed by atoms with van der Waals surface area (Å²) >= 11 is 0. The van der Waals surface area contributed by atoms with Crippen LogP contribution in [0.3, 0.4) is 0 Å². The number of carbonyl (C=O) groups excluding carboxylic acids is 1. The molecule has 6 nitrogen and oxygen atoms in total. The third-order valence-electron chi connectivity index (χ3n) is 5.73. The molecule has 0 bridgehead atoms. The van der Waals surface area contributed by atoms with E-state index in [-0.39, 0.29) is 11.8 Å². The Bertz CT molecular complexity index is 691. The number of halogens is 1. The molecule has 4 rings (SSSR count). The second kappa shape index (κ2) is 5.50. The van der Waals surface area contributed by atoms with E-state index in [0.717, 1.165) is 31.6 Å². The number of carbonyl (C=O) groups is 1. The average Bonchev–Trinajstić information content (AvgIpc) is 3.23. The van der Waals surface area contributed by atoms with Crippen molar-refractivity contribution in [2.75, 3.05) is 24.5 Å². The number of hydrogen-bond donors (Lipinski definition) is 0. The van der Waals surface area contributed by atoms with Crippen LogP contribution in [-0.2, 0) is 4.79 Å². The van der Waals surface area contributed by atoms with Crippen molar-refractivity contribution >= 4 is 17.7 Å². The van der Waals surface area contributed by atoms with Gasteiger partial charge in [0.25, 0.3) is 5.91 Å². The van der Waals surface area contributed by atoms with E-state index in [9.17, 15) is 9.18 Å². The molecule has 3 heterocycles. The average molecular weight is 331 g/mol. The zero-order chi connectivity index (χ0) is 16.9. The molecule has 1 spiro atoms. The topological polar surface area (TPSA) is 61.7 Å². The van der Waals surface area contributed by atoms with Crippen LogP contribution < -0.4 is 4.90 Å². The van der Waals surface area contributed by atoms with Crippen LogP contribution in [-0.4, -0.2) is 51.8 Å². The summed E-state index contributed by atoms with van der Waals surface area (Å²) in [5.74, 6) is 1.80. The molecule has 2 aliphatic heterocycles. The molecule has 24 heavy (non-hydrogen) atoms. The van der Waals surface area contributed by atoms with Crippen molar-refractivity contribution in [3.8, 4) is 0 Å². The standard InChI is InChI=1S/C17H22FN5O/c1-3-14-21-17(15(24)23(14)4-2)6-5-11-9-22(10-13(11)17)16-19-7-12(18)8-20-16/h7-8,11,13H,3-6,9-10H2,1-2H3/t11-,13+,17-/m0/s1. The smallest absolute Gasteiger partial charge is 0.256 e. The van der Waals surface area contributed by atoms with Gasteiger partial charge in [0.05, 0.1) is 12.4 Å². The van der Waals surface area contributed by atoms with Crippen LogP contribution in [0.4, 0.5) is 10.3 Å². The largest absolute Gasteiger partial charge is 0.340 e. The van der Waals surface area contributed by atoms with Gasteiger partial charge >= 0.3 is 0 Å². The number of rotatable bonds is 3. The summed E-state index contributed by atoms with van der Waals surface area (Å²) in [6.45, 7) is 6.25. The lowest BCUT2D eigenvalue weighted by atomic mass is 9.85. The van der Waals surface area contributed by atoms with Gasteiger partial charge < -0.3 is 4.90 Å². The monoisotopic (exact) mass is 331 g/mol. The number of hydrogen-bond acceptors (Lipinski definition) is 5.